The molecule has 17 heavy (non-hydrogen) atoms. The Morgan fingerprint density at radius 1 is 1.24 bits per heavy atom. The minimum Gasteiger partial charge on any atom is -0.327 e. The lowest BCUT2D eigenvalue weighted by atomic mass is 9.73. The van der Waals surface area contributed by atoms with Gasteiger partial charge in [-0.1, -0.05) is 13.8 Å². The summed E-state index contributed by atoms with van der Waals surface area (Å²) in [6, 6.07) is 0.458. The van der Waals surface area contributed by atoms with E-state index in [-0.39, 0.29) is 0 Å². The summed E-state index contributed by atoms with van der Waals surface area (Å²) in [4.78, 5) is 2.64. The van der Waals surface area contributed by atoms with Crippen molar-refractivity contribution >= 4 is 11.8 Å². The third-order valence-corrected chi connectivity index (χ3v) is 5.56. The predicted molar refractivity (Wildman–Crippen MR) is 77.4 cm³/mol. The van der Waals surface area contributed by atoms with Gasteiger partial charge in [-0.15, -0.1) is 0 Å². The maximum absolute atomic E-state index is 6.33. The van der Waals surface area contributed by atoms with Gasteiger partial charge in [0.25, 0.3) is 0 Å². The Kier molecular flexibility index (Phi) is 5.19. The molecule has 2 aliphatic rings. The van der Waals surface area contributed by atoms with Crippen molar-refractivity contribution < 1.29 is 0 Å². The summed E-state index contributed by atoms with van der Waals surface area (Å²) >= 11 is 2.09. The third-order valence-electron chi connectivity index (χ3n) is 4.62. The van der Waals surface area contributed by atoms with E-state index < -0.39 is 0 Å². The maximum Gasteiger partial charge on any atom is 0.00795 e. The molecular formula is C14H28N2S. The molecule has 0 aromatic rings. The van der Waals surface area contributed by atoms with Gasteiger partial charge in [0.15, 0.2) is 0 Å². The number of nitrogens with two attached hydrogens (primary N) is 1. The number of rotatable bonds is 3. The van der Waals surface area contributed by atoms with Crippen LogP contribution < -0.4 is 5.73 Å². The van der Waals surface area contributed by atoms with Gasteiger partial charge >= 0.3 is 0 Å². The lowest BCUT2D eigenvalue weighted by Crippen LogP contribution is -2.45. The second-order valence-corrected chi connectivity index (χ2v) is 7.38. The van der Waals surface area contributed by atoms with Crippen LogP contribution in [0.3, 0.4) is 0 Å². The van der Waals surface area contributed by atoms with E-state index in [1.54, 1.807) is 0 Å². The molecule has 100 valence electrons. The molecule has 2 rings (SSSR count). The Balaban J connectivity index is 1.84. The molecule has 0 bridgehead atoms. The van der Waals surface area contributed by atoms with Gasteiger partial charge in [0.1, 0.15) is 0 Å². The average Bonchev–Trinajstić information content (AvgIpc) is 2.33. The predicted octanol–water partition coefficient (Wildman–Crippen LogP) is 2.43. The average molecular weight is 256 g/mol. The molecule has 3 unspecified atom stereocenters. The Morgan fingerprint density at radius 2 is 1.94 bits per heavy atom. The molecule has 2 N–H and O–H groups in total. The summed E-state index contributed by atoms with van der Waals surface area (Å²) in [6.07, 6.45) is 3.96. The standard InChI is InChI=1S/C14H28N2S/c1-11(2)12-3-4-14(15)13(9-12)10-16-5-7-17-8-6-16/h11-14H,3-10,15H2,1-2H3. The fourth-order valence-electron chi connectivity index (χ4n) is 3.25. The number of thioether (sulfide) groups is 1. The highest BCUT2D eigenvalue weighted by Gasteiger charge is 2.31. The molecule has 0 aromatic carbocycles. The van der Waals surface area contributed by atoms with Crippen molar-refractivity contribution in [2.75, 3.05) is 31.1 Å². The first kappa shape index (κ1) is 13.7. The number of hydrogen-bond donors (Lipinski definition) is 1. The zero-order chi connectivity index (χ0) is 12.3. The zero-order valence-electron chi connectivity index (χ0n) is 11.4. The fourth-order valence-corrected chi connectivity index (χ4v) is 4.23. The minimum absolute atomic E-state index is 0.458. The smallest absolute Gasteiger partial charge is 0.00795 e. The largest absolute Gasteiger partial charge is 0.327 e. The van der Waals surface area contributed by atoms with Crippen LogP contribution in [-0.2, 0) is 0 Å². The van der Waals surface area contributed by atoms with Gasteiger partial charge in [-0.3, -0.25) is 0 Å². The van der Waals surface area contributed by atoms with Crippen molar-refractivity contribution in [3.05, 3.63) is 0 Å². The second-order valence-electron chi connectivity index (χ2n) is 6.15. The van der Waals surface area contributed by atoms with Crippen molar-refractivity contribution in [2.24, 2.45) is 23.5 Å². The molecule has 3 heteroatoms. The van der Waals surface area contributed by atoms with Gasteiger partial charge < -0.3 is 10.6 Å². The molecule has 1 aliphatic heterocycles. The summed E-state index contributed by atoms with van der Waals surface area (Å²) in [6.45, 7) is 8.55. The molecule has 1 saturated carbocycles. The van der Waals surface area contributed by atoms with Gasteiger partial charge in [-0.2, -0.15) is 11.8 Å². The lowest BCUT2D eigenvalue weighted by molar-refractivity contribution is 0.142. The lowest BCUT2D eigenvalue weighted by Gasteiger charge is -2.39. The SMILES string of the molecule is CC(C)C1CCC(N)C(CN2CCSCC2)C1. The zero-order valence-corrected chi connectivity index (χ0v) is 12.2. The fraction of sp³-hybridized carbons (Fsp3) is 1.00. The van der Waals surface area contributed by atoms with Gasteiger partial charge in [-0.25, -0.2) is 0 Å². The summed E-state index contributed by atoms with van der Waals surface area (Å²) < 4.78 is 0. The first-order valence-electron chi connectivity index (χ1n) is 7.22. The van der Waals surface area contributed by atoms with Crippen LogP contribution in [0.5, 0.6) is 0 Å². The normalized spacial score (nSPS) is 36.4. The van der Waals surface area contributed by atoms with Crippen LogP contribution >= 0.6 is 11.8 Å². The summed E-state index contributed by atoms with van der Waals surface area (Å²) in [5, 5.41) is 0. The van der Waals surface area contributed by atoms with Crippen molar-refractivity contribution in [3.63, 3.8) is 0 Å². The van der Waals surface area contributed by atoms with E-state index in [0.29, 0.717) is 6.04 Å². The van der Waals surface area contributed by atoms with E-state index in [1.165, 1.54) is 50.4 Å². The first-order chi connectivity index (χ1) is 8.16. The quantitative estimate of drug-likeness (QED) is 0.841. The maximum atomic E-state index is 6.33. The molecule has 0 aromatic heterocycles. The van der Waals surface area contributed by atoms with Gasteiger partial charge in [-0.05, 0) is 37.0 Å². The van der Waals surface area contributed by atoms with E-state index in [4.69, 9.17) is 5.73 Å². The Morgan fingerprint density at radius 3 is 2.59 bits per heavy atom. The molecule has 2 fully saturated rings. The van der Waals surface area contributed by atoms with Crippen LogP contribution in [0.4, 0.5) is 0 Å². The highest BCUT2D eigenvalue weighted by Crippen LogP contribution is 2.33. The summed E-state index contributed by atoms with van der Waals surface area (Å²) in [5.74, 6) is 5.13. The Bertz CT molecular complexity index is 226. The Labute approximate surface area is 111 Å². The Hall–Kier alpha value is 0.270. The van der Waals surface area contributed by atoms with Crippen LogP contribution in [0.2, 0.25) is 0 Å². The van der Waals surface area contributed by atoms with Crippen LogP contribution in [-0.4, -0.2) is 42.1 Å². The molecule has 3 atom stereocenters. The van der Waals surface area contributed by atoms with Crippen LogP contribution in [0.1, 0.15) is 33.1 Å². The van der Waals surface area contributed by atoms with Crippen molar-refractivity contribution in [1.29, 1.82) is 0 Å². The van der Waals surface area contributed by atoms with Crippen LogP contribution in [0, 0.1) is 17.8 Å². The van der Waals surface area contributed by atoms with E-state index in [1.807, 2.05) is 0 Å². The van der Waals surface area contributed by atoms with Crippen molar-refractivity contribution in [3.8, 4) is 0 Å². The highest BCUT2D eigenvalue weighted by molar-refractivity contribution is 7.99. The summed E-state index contributed by atoms with van der Waals surface area (Å²) in [7, 11) is 0. The summed E-state index contributed by atoms with van der Waals surface area (Å²) in [5.41, 5.74) is 6.33. The highest BCUT2D eigenvalue weighted by atomic mass is 32.2. The molecular weight excluding hydrogens is 228 g/mol. The van der Waals surface area contributed by atoms with Gasteiger partial charge in [0, 0.05) is 37.2 Å². The number of hydrogen-bond acceptors (Lipinski definition) is 3. The van der Waals surface area contributed by atoms with Crippen LogP contribution in [0.15, 0.2) is 0 Å². The molecule has 0 spiro atoms. The van der Waals surface area contributed by atoms with E-state index in [2.05, 4.69) is 30.5 Å². The molecule has 1 heterocycles. The van der Waals surface area contributed by atoms with Gasteiger partial charge in [0.2, 0.25) is 0 Å². The van der Waals surface area contributed by atoms with E-state index in [0.717, 1.165) is 17.8 Å². The van der Waals surface area contributed by atoms with Crippen molar-refractivity contribution in [2.45, 2.75) is 39.2 Å². The molecule has 1 saturated heterocycles. The minimum atomic E-state index is 0.458. The molecule has 2 nitrogen and oxygen atoms in total. The second kappa shape index (κ2) is 6.44. The third kappa shape index (κ3) is 3.87. The van der Waals surface area contributed by atoms with Gasteiger partial charge in [0.05, 0.1) is 0 Å². The van der Waals surface area contributed by atoms with E-state index >= 15 is 0 Å². The first-order valence-corrected chi connectivity index (χ1v) is 8.38. The molecule has 1 aliphatic carbocycles. The van der Waals surface area contributed by atoms with Crippen LogP contribution in [0.25, 0.3) is 0 Å². The monoisotopic (exact) mass is 256 g/mol. The molecule has 0 amide bonds. The van der Waals surface area contributed by atoms with Crippen molar-refractivity contribution in [1.82, 2.24) is 4.90 Å². The molecule has 0 radical (unpaired) electrons. The topological polar surface area (TPSA) is 29.3 Å². The number of nitrogens with zero attached hydrogens (tertiary/aromatic N) is 1. The van der Waals surface area contributed by atoms with E-state index in [9.17, 15) is 0 Å².